The molecule has 2 amide bonds. The third kappa shape index (κ3) is 6.88. The van der Waals surface area contributed by atoms with E-state index in [1.165, 1.54) is 0 Å². The predicted octanol–water partition coefficient (Wildman–Crippen LogP) is 3.42. The van der Waals surface area contributed by atoms with Crippen molar-refractivity contribution in [2.24, 2.45) is 5.73 Å². The minimum Gasteiger partial charge on any atom is -0.378 e. The highest BCUT2D eigenvalue weighted by Gasteiger charge is 2.36. The van der Waals surface area contributed by atoms with Crippen molar-refractivity contribution in [1.29, 1.82) is 0 Å². The standard InChI is InChI=1S/C33H35N5O4/c34-17-16-28(32(41)36-26-12-13-27-24(19-26)11-6-18-35-27)37-33(42)29-20-23-9-4-5-10-25(23)21-38(29)31(40)15-14-30(39)22-7-2-1-3-8-22/h1-13,18-19,28-29,31,40H,14-17,20-21,34H2,(H,36,41)(H,37,42)/t28-,29-,31?/m0/s1. The number of nitrogens with zero attached hydrogens (tertiary/aromatic N) is 2. The number of carbonyl (C=O) groups is 3. The Balaban J connectivity index is 1.30. The van der Waals surface area contributed by atoms with E-state index < -0.39 is 18.3 Å². The van der Waals surface area contributed by atoms with Crippen LogP contribution in [0.25, 0.3) is 10.9 Å². The number of pyridine rings is 1. The highest BCUT2D eigenvalue weighted by molar-refractivity contribution is 5.99. The van der Waals surface area contributed by atoms with E-state index in [1.807, 2.05) is 54.6 Å². The molecule has 0 radical (unpaired) electrons. The number of benzene rings is 3. The normalized spacial score (nSPS) is 16.3. The molecule has 0 bridgehead atoms. The lowest BCUT2D eigenvalue weighted by atomic mass is 9.92. The van der Waals surface area contributed by atoms with Gasteiger partial charge in [0.25, 0.3) is 0 Å². The molecule has 216 valence electrons. The Morgan fingerprint density at radius 1 is 0.952 bits per heavy atom. The smallest absolute Gasteiger partial charge is 0.246 e. The van der Waals surface area contributed by atoms with Gasteiger partial charge in [-0.15, -0.1) is 0 Å². The van der Waals surface area contributed by atoms with Gasteiger partial charge in [-0.1, -0.05) is 60.7 Å². The number of aliphatic hydroxyl groups is 1. The van der Waals surface area contributed by atoms with E-state index in [-0.39, 0.29) is 43.4 Å². The first kappa shape index (κ1) is 29.1. The average molecular weight is 566 g/mol. The molecule has 1 aliphatic rings. The minimum absolute atomic E-state index is 0.0720. The predicted molar refractivity (Wildman–Crippen MR) is 161 cm³/mol. The van der Waals surface area contributed by atoms with Gasteiger partial charge in [-0.05, 0) is 61.2 Å². The number of amides is 2. The molecule has 0 spiro atoms. The van der Waals surface area contributed by atoms with Crippen LogP contribution in [-0.4, -0.2) is 57.4 Å². The number of nitrogens with two attached hydrogens (primary N) is 1. The van der Waals surface area contributed by atoms with Crippen molar-refractivity contribution < 1.29 is 19.5 Å². The summed E-state index contributed by atoms with van der Waals surface area (Å²) in [6.45, 7) is 0.537. The Bertz CT molecular complexity index is 1560. The number of rotatable bonds is 11. The summed E-state index contributed by atoms with van der Waals surface area (Å²) in [5.41, 5.74) is 9.82. The quantitative estimate of drug-likeness (QED) is 0.205. The van der Waals surface area contributed by atoms with Gasteiger partial charge in [-0.2, -0.15) is 0 Å². The van der Waals surface area contributed by atoms with Gasteiger partial charge >= 0.3 is 0 Å². The van der Waals surface area contributed by atoms with Crippen LogP contribution >= 0.6 is 0 Å². The van der Waals surface area contributed by atoms with E-state index in [9.17, 15) is 19.5 Å². The molecule has 3 atom stereocenters. The second-order valence-electron chi connectivity index (χ2n) is 10.5. The molecule has 42 heavy (non-hydrogen) atoms. The molecule has 1 aliphatic heterocycles. The molecular weight excluding hydrogens is 530 g/mol. The van der Waals surface area contributed by atoms with Gasteiger partial charge < -0.3 is 21.5 Å². The number of hydrogen-bond acceptors (Lipinski definition) is 7. The molecule has 3 aromatic carbocycles. The molecule has 0 saturated carbocycles. The van der Waals surface area contributed by atoms with Gasteiger partial charge in [0.15, 0.2) is 5.78 Å². The molecule has 1 aromatic heterocycles. The maximum atomic E-state index is 13.7. The zero-order valence-corrected chi connectivity index (χ0v) is 23.3. The lowest BCUT2D eigenvalue weighted by molar-refractivity contribution is -0.136. The summed E-state index contributed by atoms with van der Waals surface area (Å²) in [6.07, 6.45) is 1.58. The third-order valence-corrected chi connectivity index (χ3v) is 7.65. The van der Waals surface area contributed by atoms with Crippen molar-refractivity contribution in [1.82, 2.24) is 15.2 Å². The van der Waals surface area contributed by atoms with Gasteiger partial charge in [0, 0.05) is 35.8 Å². The molecular formula is C33H35N5O4. The number of nitrogens with one attached hydrogen (secondary N) is 2. The monoisotopic (exact) mass is 565 g/mol. The molecule has 0 fully saturated rings. The second kappa shape index (κ2) is 13.5. The number of aromatic nitrogens is 1. The van der Waals surface area contributed by atoms with E-state index in [0.29, 0.717) is 24.2 Å². The Kier molecular flexibility index (Phi) is 9.33. The molecule has 0 aliphatic carbocycles. The first-order valence-electron chi connectivity index (χ1n) is 14.2. The largest absolute Gasteiger partial charge is 0.378 e. The van der Waals surface area contributed by atoms with Crippen molar-refractivity contribution in [3.05, 3.63) is 108 Å². The van der Waals surface area contributed by atoms with Crippen LogP contribution in [0, 0.1) is 0 Å². The van der Waals surface area contributed by atoms with E-state index in [0.717, 1.165) is 22.0 Å². The molecule has 0 saturated heterocycles. The summed E-state index contributed by atoms with van der Waals surface area (Å²) in [5, 5.41) is 17.9. The third-order valence-electron chi connectivity index (χ3n) is 7.65. The number of hydrogen-bond donors (Lipinski definition) is 4. The van der Waals surface area contributed by atoms with Crippen LogP contribution in [0.5, 0.6) is 0 Å². The number of Topliss-reactive ketones (excluding diaryl/α,β-unsaturated/α-hetero) is 1. The molecule has 9 heteroatoms. The van der Waals surface area contributed by atoms with E-state index >= 15 is 0 Å². The molecule has 1 unspecified atom stereocenters. The van der Waals surface area contributed by atoms with Crippen LogP contribution < -0.4 is 16.4 Å². The zero-order chi connectivity index (χ0) is 29.5. The zero-order valence-electron chi connectivity index (χ0n) is 23.3. The number of aliphatic hydroxyl groups excluding tert-OH is 1. The van der Waals surface area contributed by atoms with Gasteiger partial charge in [0.2, 0.25) is 11.8 Å². The SMILES string of the molecule is NCC[C@H](NC(=O)[C@@H]1Cc2ccccc2CN1C(O)CCC(=O)c1ccccc1)C(=O)Nc1ccc2ncccc2c1. The van der Waals surface area contributed by atoms with Crippen molar-refractivity contribution in [3.63, 3.8) is 0 Å². The fourth-order valence-electron chi connectivity index (χ4n) is 5.38. The first-order chi connectivity index (χ1) is 20.4. The minimum atomic E-state index is -1.03. The average Bonchev–Trinajstić information content (AvgIpc) is 3.02. The van der Waals surface area contributed by atoms with Gasteiger partial charge in [-0.3, -0.25) is 24.3 Å². The Hall–Kier alpha value is -4.44. The Morgan fingerprint density at radius 3 is 2.50 bits per heavy atom. The molecule has 9 nitrogen and oxygen atoms in total. The van der Waals surface area contributed by atoms with Crippen LogP contribution in [-0.2, 0) is 22.6 Å². The summed E-state index contributed by atoms with van der Waals surface area (Å²) in [4.78, 5) is 45.7. The maximum Gasteiger partial charge on any atom is 0.246 e. The van der Waals surface area contributed by atoms with Crippen LogP contribution in [0.1, 0.15) is 40.7 Å². The van der Waals surface area contributed by atoms with Gasteiger partial charge in [0.1, 0.15) is 12.3 Å². The van der Waals surface area contributed by atoms with Crippen molar-refractivity contribution in [2.75, 3.05) is 11.9 Å². The number of anilines is 1. The van der Waals surface area contributed by atoms with E-state index in [1.54, 1.807) is 41.4 Å². The summed E-state index contributed by atoms with van der Waals surface area (Å²) in [5.74, 6) is -0.833. The molecule has 2 heterocycles. The molecule has 5 rings (SSSR count). The molecule has 4 aromatic rings. The Morgan fingerprint density at radius 2 is 1.71 bits per heavy atom. The fraction of sp³-hybridized carbons (Fsp3) is 0.273. The lowest BCUT2D eigenvalue weighted by Crippen LogP contribution is -2.57. The van der Waals surface area contributed by atoms with Crippen LogP contribution in [0.3, 0.4) is 0 Å². The van der Waals surface area contributed by atoms with Crippen LogP contribution in [0.2, 0.25) is 0 Å². The highest BCUT2D eigenvalue weighted by atomic mass is 16.3. The van der Waals surface area contributed by atoms with Crippen molar-refractivity contribution >= 4 is 34.2 Å². The highest BCUT2D eigenvalue weighted by Crippen LogP contribution is 2.27. The first-order valence-corrected chi connectivity index (χ1v) is 14.2. The fourth-order valence-corrected chi connectivity index (χ4v) is 5.38. The maximum absolute atomic E-state index is 13.7. The van der Waals surface area contributed by atoms with Crippen LogP contribution in [0.4, 0.5) is 5.69 Å². The summed E-state index contributed by atoms with van der Waals surface area (Å²) in [7, 11) is 0. The van der Waals surface area contributed by atoms with Crippen molar-refractivity contribution in [2.45, 2.75) is 50.5 Å². The number of fused-ring (bicyclic) bond motifs is 2. The summed E-state index contributed by atoms with van der Waals surface area (Å²) in [6, 6.07) is 24.3. The van der Waals surface area contributed by atoms with E-state index in [2.05, 4.69) is 15.6 Å². The van der Waals surface area contributed by atoms with Gasteiger partial charge in [-0.25, -0.2) is 0 Å². The topological polar surface area (TPSA) is 138 Å². The van der Waals surface area contributed by atoms with Crippen molar-refractivity contribution in [3.8, 4) is 0 Å². The number of ketones is 1. The van der Waals surface area contributed by atoms with Gasteiger partial charge in [0.05, 0.1) is 11.6 Å². The van der Waals surface area contributed by atoms with E-state index in [4.69, 9.17) is 5.73 Å². The van der Waals surface area contributed by atoms with Crippen LogP contribution in [0.15, 0.2) is 91.1 Å². The summed E-state index contributed by atoms with van der Waals surface area (Å²) >= 11 is 0. The lowest BCUT2D eigenvalue weighted by Gasteiger charge is -2.39. The number of carbonyl (C=O) groups excluding carboxylic acids is 3. The summed E-state index contributed by atoms with van der Waals surface area (Å²) < 4.78 is 0. The Labute approximate surface area is 244 Å². The second-order valence-corrected chi connectivity index (χ2v) is 10.5. The molecule has 5 N–H and O–H groups in total.